The number of hydrogen-bond acceptors (Lipinski definition) is 2. The predicted molar refractivity (Wildman–Crippen MR) is 103 cm³/mol. The van der Waals surface area contributed by atoms with Crippen LogP contribution in [-0.4, -0.2) is 13.1 Å². The highest BCUT2D eigenvalue weighted by Gasteiger charge is 1.97. The molecule has 0 heterocycles. The van der Waals surface area contributed by atoms with E-state index in [9.17, 15) is 0 Å². The molecule has 0 aliphatic heterocycles. The van der Waals surface area contributed by atoms with Gasteiger partial charge in [-0.05, 0) is 35.7 Å². The van der Waals surface area contributed by atoms with Crippen LogP contribution in [0.3, 0.4) is 0 Å². The molecule has 0 aromatic heterocycles. The van der Waals surface area contributed by atoms with Crippen molar-refractivity contribution in [3.63, 3.8) is 0 Å². The highest BCUT2D eigenvalue weighted by molar-refractivity contribution is 14.0. The van der Waals surface area contributed by atoms with Crippen LogP contribution in [0, 0.1) is 6.92 Å². The zero-order valence-corrected chi connectivity index (χ0v) is 15.2. The number of rotatable bonds is 5. The van der Waals surface area contributed by atoms with Crippen molar-refractivity contribution >= 4 is 35.6 Å². The lowest BCUT2D eigenvalue weighted by atomic mass is 10.1. The third-order valence-corrected chi connectivity index (χ3v) is 3.06. The Hall–Kier alpha value is -1.60. The van der Waals surface area contributed by atoms with Gasteiger partial charge < -0.3 is 15.8 Å². The maximum Gasteiger partial charge on any atom is 0.193 e. The van der Waals surface area contributed by atoms with E-state index in [-0.39, 0.29) is 24.0 Å². The second kappa shape index (κ2) is 9.42. The number of guanidine groups is 1. The number of ether oxygens (including phenoxy) is 1. The van der Waals surface area contributed by atoms with E-state index >= 15 is 0 Å². The average molecular weight is 411 g/mol. The van der Waals surface area contributed by atoms with Crippen molar-refractivity contribution in [2.45, 2.75) is 20.1 Å². The molecule has 0 aliphatic rings. The average Bonchev–Trinajstić information content (AvgIpc) is 2.47. The van der Waals surface area contributed by atoms with Crippen molar-refractivity contribution in [3.05, 3.63) is 65.2 Å². The summed E-state index contributed by atoms with van der Waals surface area (Å²) in [7, 11) is 1.69. The topological polar surface area (TPSA) is 59.6 Å². The summed E-state index contributed by atoms with van der Waals surface area (Å²) in [6, 6.07) is 16.2. The Morgan fingerprint density at radius 1 is 1.14 bits per heavy atom. The van der Waals surface area contributed by atoms with Gasteiger partial charge in [0.1, 0.15) is 0 Å². The van der Waals surface area contributed by atoms with Crippen LogP contribution in [0.4, 0.5) is 5.69 Å². The van der Waals surface area contributed by atoms with Crippen molar-refractivity contribution in [1.82, 2.24) is 0 Å². The van der Waals surface area contributed by atoms with Crippen LogP contribution in [-0.2, 0) is 17.9 Å². The fourth-order valence-corrected chi connectivity index (χ4v) is 1.99. The molecule has 2 aromatic carbocycles. The second-order valence-electron chi connectivity index (χ2n) is 4.95. The van der Waals surface area contributed by atoms with Gasteiger partial charge in [0.2, 0.25) is 0 Å². The monoisotopic (exact) mass is 411 g/mol. The first-order valence-corrected chi connectivity index (χ1v) is 6.88. The number of methoxy groups -OCH3 is 1. The Morgan fingerprint density at radius 2 is 1.82 bits per heavy atom. The third-order valence-electron chi connectivity index (χ3n) is 3.06. The zero-order chi connectivity index (χ0) is 15.1. The number of aryl methyl sites for hydroxylation is 1. The summed E-state index contributed by atoms with van der Waals surface area (Å²) in [5.74, 6) is 0.418. The molecule has 22 heavy (non-hydrogen) atoms. The SMILES string of the molecule is COCc1ccc(CN=C(N)Nc2cccc(C)c2)cc1.I. The molecule has 0 unspecified atom stereocenters. The fraction of sp³-hybridized carbons (Fsp3) is 0.235. The molecular formula is C17H22IN3O. The van der Waals surface area contributed by atoms with Crippen molar-refractivity contribution in [1.29, 1.82) is 0 Å². The Morgan fingerprint density at radius 3 is 2.45 bits per heavy atom. The summed E-state index contributed by atoms with van der Waals surface area (Å²) in [5, 5.41) is 3.09. The van der Waals surface area contributed by atoms with Crippen LogP contribution in [0.5, 0.6) is 0 Å². The maximum atomic E-state index is 5.90. The molecule has 0 saturated carbocycles. The molecule has 0 spiro atoms. The molecule has 118 valence electrons. The summed E-state index contributed by atoms with van der Waals surface area (Å²) in [6.07, 6.45) is 0. The highest BCUT2D eigenvalue weighted by Crippen LogP contribution is 2.10. The molecule has 0 saturated heterocycles. The largest absolute Gasteiger partial charge is 0.380 e. The second-order valence-corrected chi connectivity index (χ2v) is 4.95. The summed E-state index contributed by atoms with van der Waals surface area (Å²) in [6.45, 7) is 3.22. The Labute approximate surface area is 148 Å². The molecule has 3 N–H and O–H groups in total. The molecular weight excluding hydrogens is 389 g/mol. The van der Waals surface area contributed by atoms with Gasteiger partial charge in [0, 0.05) is 12.8 Å². The molecule has 0 aliphatic carbocycles. The van der Waals surface area contributed by atoms with Gasteiger partial charge in [-0.3, -0.25) is 0 Å². The number of anilines is 1. The lowest BCUT2D eigenvalue weighted by Gasteiger charge is -2.06. The van der Waals surface area contributed by atoms with Crippen LogP contribution >= 0.6 is 24.0 Å². The van der Waals surface area contributed by atoms with Crippen molar-refractivity contribution in [3.8, 4) is 0 Å². The minimum atomic E-state index is 0. The number of hydrogen-bond donors (Lipinski definition) is 2. The van der Waals surface area contributed by atoms with E-state index in [1.807, 2.05) is 55.5 Å². The molecule has 2 rings (SSSR count). The van der Waals surface area contributed by atoms with Crippen molar-refractivity contribution < 1.29 is 4.74 Å². The molecule has 5 heteroatoms. The van der Waals surface area contributed by atoms with E-state index in [4.69, 9.17) is 10.5 Å². The number of nitrogens with one attached hydrogen (secondary N) is 1. The van der Waals surface area contributed by atoms with E-state index < -0.39 is 0 Å². The summed E-state index contributed by atoms with van der Waals surface area (Å²) < 4.78 is 5.08. The zero-order valence-electron chi connectivity index (χ0n) is 12.9. The molecule has 0 bridgehead atoms. The number of aliphatic imine (C=N–C) groups is 1. The van der Waals surface area contributed by atoms with E-state index in [0.29, 0.717) is 19.1 Å². The number of benzene rings is 2. The van der Waals surface area contributed by atoms with Gasteiger partial charge in [-0.15, -0.1) is 24.0 Å². The Balaban J connectivity index is 0.00000242. The van der Waals surface area contributed by atoms with E-state index in [0.717, 1.165) is 16.8 Å². The van der Waals surface area contributed by atoms with E-state index in [1.54, 1.807) is 7.11 Å². The number of nitrogens with zero attached hydrogens (tertiary/aromatic N) is 1. The standard InChI is InChI=1S/C17H21N3O.HI/c1-13-4-3-5-16(10-13)20-17(18)19-11-14-6-8-15(9-7-14)12-21-2;/h3-10H,11-12H2,1-2H3,(H3,18,19,20);1H. The van der Waals surface area contributed by atoms with Crippen LogP contribution in [0.2, 0.25) is 0 Å². The first-order chi connectivity index (χ1) is 10.2. The normalized spacial score (nSPS) is 10.9. The van der Waals surface area contributed by atoms with Crippen molar-refractivity contribution in [2.24, 2.45) is 10.7 Å². The molecule has 2 aromatic rings. The Kier molecular flexibility index (Phi) is 7.90. The highest BCUT2D eigenvalue weighted by atomic mass is 127. The van der Waals surface area contributed by atoms with Crippen LogP contribution in [0.1, 0.15) is 16.7 Å². The minimum Gasteiger partial charge on any atom is -0.380 e. The molecule has 4 nitrogen and oxygen atoms in total. The minimum absolute atomic E-state index is 0. The number of halogens is 1. The van der Waals surface area contributed by atoms with Crippen LogP contribution in [0.25, 0.3) is 0 Å². The first kappa shape index (κ1) is 18.4. The van der Waals surface area contributed by atoms with Crippen molar-refractivity contribution in [2.75, 3.05) is 12.4 Å². The quantitative estimate of drug-likeness (QED) is 0.448. The maximum absolute atomic E-state index is 5.90. The lowest BCUT2D eigenvalue weighted by Crippen LogP contribution is -2.22. The molecule has 0 radical (unpaired) electrons. The summed E-state index contributed by atoms with van der Waals surface area (Å²) in [4.78, 5) is 4.35. The summed E-state index contributed by atoms with van der Waals surface area (Å²) in [5.41, 5.74) is 10.3. The predicted octanol–water partition coefficient (Wildman–Crippen LogP) is 3.69. The molecule has 0 atom stereocenters. The number of nitrogens with two attached hydrogens (primary N) is 1. The third kappa shape index (κ3) is 6.03. The van der Waals surface area contributed by atoms with Crippen LogP contribution in [0.15, 0.2) is 53.5 Å². The van der Waals surface area contributed by atoms with Gasteiger partial charge in [0.15, 0.2) is 5.96 Å². The van der Waals surface area contributed by atoms with Gasteiger partial charge in [-0.25, -0.2) is 4.99 Å². The first-order valence-electron chi connectivity index (χ1n) is 6.88. The van der Waals surface area contributed by atoms with Gasteiger partial charge in [-0.1, -0.05) is 36.4 Å². The fourth-order valence-electron chi connectivity index (χ4n) is 1.99. The lowest BCUT2D eigenvalue weighted by molar-refractivity contribution is 0.185. The Bertz CT molecular complexity index is 612. The summed E-state index contributed by atoms with van der Waals surface area (Å²) >= 11 is 0. The van der Waals surface area contributed by atoms with E-state index in [2.05, 4.69) is 10.3 Å². The van der Waals surface area contributed by atoms with Crippen LogP contribution < -0.4 is 11.1 Å². The van der Waals surface area contributed by atoms with Gasteiger partial charge in [-0.2, -0.15) is 0 Å². The van der Waals surface area contributed by atoms with Gasteiger partial charge in [0.05, 0.1) is 13.2 Å². The van der Waals surface area contributed by atoms with Gasteiger partial charge >= 0.3 is 0 Å². The van der Waals surface area contributed by atoms with Gasteiger partial charge in [0.25, 0.3) is 0 Å². The van der Waals surface area contributed by atoms with E-state index in [1.165, 1.54) is 5.56 Å². The molecule has 0 fully saturated rings. The molecule has 0 amide bonds. The smallest absolute Gasteiger partial charge is 0.193 e.